The number of carbonyl (C=O) groups is 1. The average molecular weight is 352 g/mol. The normalized spacial score (nSPS) is 15.4. The number of rotatable bonds is 3. The first-order chi connectivity index (χ1) is 12.4. The lowest BCUT2D eigenvalue weighted by molar-refractivity contribution is 0.102. The minimum atomic E-state index is -0.177. The lowest BCUT2D eigenvalue weighted by Gasteiger charge is -2.23. The summed E-state index contributed by atoms with van der Waals surface area (Å²) in [7, 11) is 0. The maximum atomic E-state index is 12.6. The van der Waals surface area contributed by atoms with Crippen LogP contribution in [0, 0.1) is 0 Å². The number of anilines is 2. The molecule has 0 aliphatic carbocycles. The van der Waals surface area contributed by atoms with Crippen molar-refractivity contribution in [1.29, 1.82) is 0 Å². The van der Waals surface area contributed by atoms with Crippen molar-refractivity contribution in [3.63, 3.8) is 0 Å². The van der Waals surface area contributed by atoms with E-state index in [0.717, 1.165) is 30.3 Å². The van der Waals surface area contributed by atoms with Gasteiger partial charge in [-0.1, -0.05) is 51.8 Å². The number of carbonyl (C=O) groups excluding carboxylic acids is 1. The molecule has 26 heavy (non-hydrogen) atoms. The van der Waals surface area contributed by atoms with Gasteiger partial charge in [0, 0.05) is 31.2 Å². The van der Waals surface area contributed by atoms with E-state index in [1.165, 1.54) is 25.7 Å². The van der Waals surface area contributed by atoms with Crippen molar-refractivity contribution in [2.45, 2.75) is 51.9 Å². The Morgan fingerprint density at radius 3 is 2.23 bits per heavy atom. The van der Waals surface area contributed by atoms with E-state index < -0.39 is 0 Å². The Morgan fingerprint density at radius 2 is 1.62 bits per heavy atom. The number of aromatic nitrogens is 2. The van der Waals surface area contributed by atoms with Gasteiger partial charge in [0.25, 0.3) is 5.91 Å². The van der Waals surface area contributed by atoms with Crippen molar-refractivity contribution >= 4 is 17.5 Å². The molecule has 0 unspecified atom stereocenters. The standard InChI is InChI=1S/C21H28N4O/c1-21(2,3)17-10-6-7-11-18(17)24-19(26)16-14-22-20(23-15-16)25-12-8-4-5-9-13-25/h6-7,10-11,14-15H,4-5,8-9,12-13H2,1-3H3,(H,24,26). The van der Waals surface area contributed by atoms with Crippen LogP contribution in [0.15, 0.2) is 36.7 Å². The molecule has 0 radical (unpaired) electrons. The lowest BCUT2D eigenvalue weighted by atomic mass is 9.86. The summed E-state index contributed by atoms with van der Waals surface area (Å²) in [6.07, 6.45) is 8.14. The highest BCUT2D eigenvalue weighted by Crippen LogP contribution is 2.29. The summed E-state index contributed by atoms with van der Waals surface area (Å²) >= 11 is 0. The molecule has 1 fully saturated rings. The third-order valence-corrected chi connectivity index (χ3v) is 4.77. The van der Waals surface area contributed by atoms with Crippen molar-refractivity contribution in [1.82, 2.24) is 9.97 Å². The van der Waals surface area contributed by atoms with E-state index >= 15 is 0 Å². The van der Waals surface area contributed by atoms with E-state index in [4.69, 9.17) is 0 Å². The van der Waals surface area contributed by atoms with Crippen LogP contribution in [0.2, 0.25) is 0 Å². The zero-order valence-corrected chi connectivity index (χ0v) is 16.0. The summed E-state index contributed by atoms with van der Waals surface area (Å²) in [6.45, 7) is 8.39. The molecular formula is C21H28N4O. The SMILES string of the molecule is CC(C)(C)c1ccccc1NC(=O)c1cnc(N2CCCCCC2)nc1. The zero-order valence-electron chi connectivity index (χ0n) is 16.0. The lowest BCUT2D eigenvalue weighted by Crippen LogP contribution is -2.26. The molecule has 1 aliphatic heterocycles. The Hall–Kier alpha value is -2.43. The largest absolute Gasteiger partial charge is 0.341 e. The van der Waals surface area contributed by atoms with Crippen LogP contribution in [-0.2, 0) is 5.41 Å². The number of hydrogen-bond donors (Lipinski definition) is 1. The van der Waals surface area contributed by atoms with E-state index in [0.29, 0.717) is 5.56 Å². The number of nitrogens with one attached hydrogen (secondary N) is 1. The Bertz CT molecular complexity index is 741. The Balaban J connectivity index is 1.73. The summed E-state index contributed by atoms with van der Waals surface area (Å²) < 4.78 is 0. The molecule has 5 heteroatoms. The second kappa shape index (κ2) is 7.85. The van der Waals surface area contributed by atoms with Crippen LogP contribution in [0.3, 0.4) is 0 Å². The number of hydrogen-bond acceptors (Lipinski definition) is 4. The monoisotopic (exact) mass is 352 g/mol. The molecule has 2 aromatic rings. The summed E-state index contributed by atoms with van der Waals surface area (Å²) in [5.74, 6) is 0.544. The average Bonchev–Trinajstić information content (AvgIpc) is 2.91. The van der Waals surface area contributed by atoms with Crippen LogP contribution < -0.4 is 10.2 Å². The van der Waals surface area contributed by atoms with E-state index in [1.54, 1.807) is 12.4 Å². The quantitative estimate of drug-likeness (QED) is 0.889. The Labute approximate surface area is 155 Å². The highest BCUT2D eigenvalue weighted by Gasteiger charge is 2.19. The first kappa shape index (κ1) is 18.4. The fourth-order valence-corrected chi connectivity index (χ4v) is 3.31. The van der Waals surface area contributed by atoms with Gasteiger partial charge in [0.1, 0.15) is 0 Å². The predicted octanol–water partition coefficient (Wildman–Crippen LogP) is 4.41. The molecule has 3 rings (SSSR count). The smallest absolute Gasteiger partial charge is 0.258 e. The number of para-hydroxylation sites is 1. The first-order valence-corrected chi connectivity index (χ1v) is 9.43. The van der Waals surface area contributed by atoms with E-state index in [1.807, 2.05) is 18.2 Å². The fourth-order valence-electron chi connectivity index (χ4n) is 3.31. The van der Waals surface area contributed by atoms with Crippen LogP contribution in [0.4, 0.5) is 11.6 Å². The molecular weight excluding hydrogens is 324 g/mol. The van der Waals surface area contributed by atoms with Crippen LogP contribution >= 0.6 is 0 Å². The van der Waals surface area contributed by atoms with Gasteiger partial charge in [-0.25, -0.2) is 9.97 Å². The van der Waals surface area contributed by atoms with Gasteiger partial charge in [0.05, 0.1) is 5.56 Å². The summed E-state index contributed by atoms with van der Waals surface area (Å²) in [6, 6.07) is 7.92. The molecule has 0 atom stereocenters. The van der Waals surface area contributed by atoms with E-state index in [-0.39, 0.29) is 11.3 Å². The molecule has 2 heterocycles. The van der Waals surface area contributed by atoms with Crippen molar-refractivity contribution in [2.24, 2.45) is 0 Å². The molecule has 0 spiro atoms. The molecule has 1 aromatic carbocycles. The van der Waals surface area contributed by atoms with Gasteiger partial charge in [-0.2, -0.15) is 0 Å². The van der Waals surface area contributed by atoms with Crippen molar-refractivity contribution in [2.75, 3.05) is 23.3 Å². The van der Waals surface area contributed by atoms with Crippen molar-refractivity contribution < 1.29 is 4.79 Å². The number of nitrogens with zero attached hydrogens (tertiary/aromatic N) is 3. The maximum absolute atomic E-state index is 12.6. The molecule has 138 valence electrons. The van der Waals surface area contributed by atoms with E-state index in [9.17, 15) is 4.79 Å². The molecule has 1 saturated heterocycles. The van der Waals surface area contributed by atoms with Gasteiger partial charge >= 0.3 is 0 Å². The van der Waals surface area contributed by atoms with Crippen LogP contribution in [0.5, 0.6) is 0 Å². The highest BCUT2D eigenvalue weighted by atomic mass is 16.1. The maximum Gasteiger partial charge on any atom is 0.258 e. The molecule has 5 nitrogen and oxygen atoms in total. The summed E-state index contributed by atoms with van der Waals surface area (Å²) in [4.78, 5) is 23.7. The Kier molecular flexibility index (Phi) is 5.55. The molecule has 1 aliphatic rings. The third-order valence-electron chi connectivity index (χ3n) is 4.77. The van der Waals surface area contributed by atoms with Crippen LogP contribution in [0.25, 0.3) is 0 Å². The zero-order chi connectivity index (χ0) is 18.6. The highest BCUT2D eigenvalue weighted by molar-refractivity contribution is 6.04. The second-order valence-electron chi connectivity index (χ2n) is 7.92. The van der Waals surface area contributed by atoms with Gasteiger partial charge in [-0.15, -0.1) is 0 Å². The summed E-state index contributed by atoms with van der Waals surface area (Å²) in [5.41, 5.74) is 2.38. The fraction of sp³-hybridized carbons (Fsp3) is 0.476. The van der Waals surface area contributed by atoms with Crippen LogP contribution in [-0.4, -0.2) is 29.0 Å². The van der Waals surface area contributed by atoms with Gasteiger partial charge in [-0.05, 0) is 29.9 Å². The van der Waals surface area contributed by atoms with Gasteiger partial charge in [0.2, 0.25) is 5.95 Å². The van der Waals surface area contributed by atoms with Crippen molar-refractivity contribution in [3.8, 4) is 0 Å². The molecule has 0 bridgehead atoms. The Morgan fingerprint density at radius 1 is 1.00 bits per heavy atom. The van der Waals surface area contributed by atoms with Crippen LogP contribution in [0.1, 0.15) is 62.4 Å². The first-order valence-electron chi connectivity index (χ1n) is 9.43. The van der Waals surface area contributed by atoms with Gasteiger partial charge in [-0.3, -0.25) is 4.79 Å². The number of amides is 1. The van der Waals surface area contributed by atoms with E-state index in [2.05, 4.69) is 47.0 Å². The minimum Gasteiger partial charge on any atom is -0.341 e. The molecule has 1 N–H and O–H groups in total. The predicted molar refractivity (Wildman–Crippen MR) is 106 cm³/mol. The molecule has 0 saturated carbocycles. The molecule has 1 amide bonds. The second-order valence-corrected chi connectivity index (χ2v) is 7.92. The number of benzene rings is 1. The minimum absolute atomic E-state index is 0.0446. The van der Waals surface area contributed by atoms with Gasteiger partial charge in [0.15, 0.2) is 0 Å². The van der Waals surface area contributed by atoms with Crippen molar-refractivity contribution in [3.05, 3.63) is 47.8 Å². The molecule has 1 aromatic heterocycles. The van der Waals surface area contributed by atoms with Gasteiger partial charge < -0.3 is 10.2 Å². The summed E-state index contributed by atoms with van der Waals surface area (Å²) in [5, 5.41) is 3.01. The third kappa shape index (κ3) is 4.40. The topological polar surface area (TPSA) is 58.1 Å².